The molecule has 4 saturated carbocycles. The number of hydrogen-bond donors (Lipinski definition) is 16. The molecular weight excluding hydrogens is 1220 g/mol. The van der Waals surface area contributed by atoms with Crippen molar-refractivity contribution in [2.24, 2.45) is 50.2 Å². The number of hydrogen-bond acceptors (Lipinski definition) is 28. The molecule has 6 heterocycles. The minimum absolute atomic E-state index is 0.00439. The van der Waals surface area contributed by atoms with Crippen LogP contribution >= 0.6 is 0 Å². The number of carboxylic acid groups (broad SMARTS) is 1. The van der Waals surface area contributed by atoms with Crippen molar-refractivity contribution >= 4 is 5.97 Å². The number of aliphatic carboxylic acids is 1. The lowest BCUT2D eigenvalue weighted by Gasteiger charge is -2.71. The summed E-state index contributed by atoms with van der Waals surface area (Å²) in [4.78, 5) is 13.4. The average molecular weight is 1320 g/mol. The molecule has 0 spiro atoms. The molecule has 11 rings (SSSR count). The van der Waals surface area contributed by atoms with Gasteiger partial charge >= 0.3 is 5.97 Å². The molecular formula is C63H102O29. The SMILES string of the molecule is C[C@@H]1O[C@@H](O[C@H]2[C@H](O[C@@H]3[C@@H](O)[C@H](O[C@H]4[C@H](OC5CC[C@]6(C)[C@H]7CC=C8[C@@H]9CC(C)(C)CC[C@]9(C(=O)O)CC[C@@]8(C)[C@]7(C)CC[C@H]6C5(C)C)O[C@H](CO)[C@@H](O[C@@H]5OC[C@@H](O)[C@H](O)[C@H]5O)[C@@H]4O)OC[C@H]3O[C@@H]3OC[C@H](O)[C@H](O)[C@H]3O)O[C@H](CO)[C@@H](O)[C@@H]2O)[C@H](O)[C@H](O)[C@H]1O. The summed E-state index contributed by atoms with van der Waals surface area (Å²) in [6.45, 7) is 13.9. The molecule has 0 aromatic carbocycles. The van der Waals surface area contributed by atoms with Crippen molar-refractivity contribution in [3.8, 4) is 0 Å². The number of aliphatic hydroxyl groups excluding tert-OH is 15. The quantitative estimate of drug-likeness (QED) is 0.0579. The van der Waals surface area contributed by atoms with E-state index < -0.39 is 222 Å². The maximum Gasteiger partial charge on any atom is 0.310 e. The van der Waals surface area contributed by atoms with Gasteiger partial charge in [-0.1, -0.05) is 60.1 Å². The summed E-state index contributed by atoms with van der Waals surface area (Å²) in [5, 5.41) is 177. The second kappa shape index (κ2) is 26.7. The Balaban J connectivity index is 0.896. The van der Waals surface area contributed by atoms with Crippen LogP contribution in [0.3, 0.4) is 0 Å². The predicted molar refractivity (Wildman–Crippen MR) is 309 cm³/mol. The number of allylic oxidation sites excluding steroid dienone is 2. The van der Waals surface area contributed by atoms with Crippen molar-refractivity contribution in [2.75, 3.05) is 33.0 Å². The number of carboxylic acids is 1. The van der Waals surface area contributed by atoms with Gasteiger partial charge in [-0.2, -0.15) is 0 Å². The Kier molecular flexibility index (Phi) is 20.7. The van der Waals surface area contributed by atoms with Crippen LogP contribution in [-0.4, -0.2) is 293 Å². The Labute approximate surface area is 534 Å². The third kappa shape index (κ3) is 12.2. The van der Waals surface area contributed by atoms with Crippen molar-refractivity contribution in [1.29, 1.82) is 0 Å². The summed E-state index contributed by atoms with van der Waals surface area (Å²) in [6, 6.07) is 0. The number of rotatable bonds is 15. The van der Waals surface area contributed by atoms with E-state index in [2.05, 4.69) is 54.5 Å². The van der Waals surface area contributed by atoms with E-state index in [0.29, 0.717) is 25.7 Å². The number of aliphatic hydroxyl groups is 15. The molecule has 11 aliphatic rings. The fraction of sp³-hybridized carbons (Fsp3) is 0.952. The molecule has 0 amide bonds. The van der Waals surface area contributed by atoms with Gasteiger partial charge < -0.3 is 139 Å². The predicted octanol–water partition coefficient (Wildman–Crippen LogP) is -2.88. The highest BCUT2D eigenvalue weighted by atomic mass is 16.8. The molecule has 16 N–H and O–H groups in total. The summed E-state index contributed by atoms with van der Waals surface area (Å²) in [5.74, 6) is -0.532. The average Bonchev–Trinajstić information content (AvgIpc) is 0.677. The molecule has 0 radical (unpaired) electrons. The highest BCUT2D eigenvalue weighted by Gasteiger charge is 2.70. The zero-order valence-corrected chi connectivity index (χ0v) is 53.5. The van der Waals surface area contributed by atoms with Crippen LogP contribution < -0.4 is 0 Å². The molecule has 35 atom stereocenters. The zero-order valence-electron chi connectivity index (χ0n) is 53.5. The van der Waals surface area contributed by atoms with Gasteiger partial charge in [0, 0.05) is 0 Å². The van der Waals surface area contributed by atoms with Gasteiger partial charge in [-0.25, -0.2) is 0 Å². The third-order valence-corrected chi connectivity index (χ3v) is 24.5. The highest BCUT2D eigenvalue weighted by molar-refractivity contribution is 5.76. The molecule has 6 aliphatic heterocycles. The second-order valence-electron chi connectivity index (χ2n) is 30.5. The van der Waals surface area contributed by atoms with Crippen LogP contribution in [0.2, 0.25) is 0 Å². The van der Waals surface area contributed by atoms with E-state index in [1.54, 1.807) is 0 Å². The largest absolute Gasteiger partial charge is 0.481 e. The van der Waals surface area contributed by atoms with Crippen molar-refractivity contribution in [3.05, 3.63) is 11.6 Å². The molecule has 1 unspecified atom stereocenters. The van der Waals surface area contributed by atoms with E-state index in [0.717, 1.165) is 38.5 Å². The first-order valence-electron chi connectivity index (χ1n) is 32.9. The first kappa shape index (κ1) is 71.4. The lowest BCUT2D eigenvalue weighted by Crippen LogP contribution is -2.68. The lowest BCUT2D eigenvalue weighted by molar-refractivity contribution is -0.406. The van der Waals surface area contributed by atoms with Crippen molar-refractivity contribution in [3.63, 3.8) is 0 Å². The van der Waals surface area contributed by atoms with Gasteiger partial charge in [-0.15, -0.1) is 0 Å². The van der Waals surface area contributed by atoms with Gasteiger partial charge in [-0.05, 0) is 116 Å². The molecule has 5 aliphatic carbocycles. The van der Waals surface area contributed by atoms with E-state index in [1.807, 2.05) is 0 Å². The Hall–Kier alpha value is -1.87. The van der Waals surface area contributed by atoms with E-state index in [9.17, 15) is 86.5 Å². The third-order valence-electron chi connectivity index (χ3n) is 24.5. The molecule has 0 bridgehead atoms. The zero-order chi connectivity index (χ0) is 66.9. The topological polar surface area (TPSA) is 452 Å². The molecule has 10 fully saturated rings. The van der Waals surface area contributed by atoms with Crippen LogP contribution in [-0.2, 0) is 61.6 Å². The minimum atomic E-state index is -2.15. The van der Waals surface area contributed by atoms with E-state index >= 15 is 0 Å². The summed E-state index contributed by atoms with van der Waals surface area (Å²) < 4.78 is 73.8. The van der Waals surface area contributed by atoms with Crippen molar-refractivity contribution in [1.82, 2.24) is 0 Å². The van der Waals surface area contributed by atoms with Gasteiger partial charge in [0.2, 0.25) is 0 Å². The monoisotopic (exact) mass is 1320 g/mol. The van der Waals surface area contributed by atoms with Gasteiger partial charge in [0.15, 0.2) is 37.7 Å². The fourth-order valence-electron chi connectivity index (χ4n) is 18.7. The molecule has 6 saturated heterocycles. The molecule has 29 nitrogen and oxygen atoms in total. The van der Waals surface area contributed by atoms with Gasteiger partial charge in [0.05, 0.1) is 50.7 Å². The van der Waals surface area contributed by atoms with Crippen LogP contribution in [0.1, 0.15) is 120 Å². The van der Waals surface area contributed by atoms with Gasteiger partial charge in [0.25, 0.3) is 0 Å². The summed E-state index contributed by atoms with van der Waals surface area (Å²) >= 11 is 0. The molecule has 528 valence electrons. The van der Waals surface area contributed by atoms with E-state index in [-0.39, 0.29) is 39.4 Å². The van der Waals surface area contributed by atoms with Crippen LogP contribution in [0.5, 0.6) is 0 Å². The number of fused-ring (bicyclic) bond motifs is 7. The van der Waals surface area contributed by atoms with Crippen LogP contribution in [0.4, 0.5) is 0 Å². The Morgan fingerprint density at radius 2 is 1.04 bits per heavy atom. The molecule has 29 heteroatoms. The van der Waals surface area contributed by atoms with E-state index in [1.165, 1.54) is 12.5 Å². The normalized spacial score (nSPS) is 54.4. The Morgan fingerprint density at radius 3 is 1.68 bits per heavy atom. The summed E-state index contributed by atoms with van der Waals surface area (Å²) in [5.41, 5.74) is -0.834. The second-order valence-corrected chi connectivity index (χ2v) is 30.5. The van der Waals surface area contributed by atoms with Crippen molar-refractivity contribution in [2.45, 2.75) is 292 Å². The van der Waals surface area contributed by atoms with E-state index in [4.69, 9.17) is 56.8 Å². The Bertz CT molecular complexity index is 2580. The molecule has 92 heavy (non-hydrogen) atoms. The first-order valence-corrected chi connectivity index (χ1v) is 32.9. The number of carbonyl (C=O) groups is 1. The highest BCUT2D eigenvalue weighted by Crippen LogP contribution is 2.76. The maximum atomic E-state index is 13.4. The standard InChI is InChI=1S/C63H102O29/c1-25-36(68)40(72)44(76)54(84-25)92-49-41(73)39(71)30(20-64)85-56(49)90-48-32(87-51-42(74)37(69)28(66)22-81-51)24-83-53(46(48)78)91-50-45(77)47(89-52-43(75)38(70)29(67)23-82-52)31(21-65)86-55(50)88-35-12-13-60(6)33(59(35,4)5)11-14-62(8)34(60)10-9-26-27-19-58(2,3)15-17-63(27,57(79)80)18-16-61(26,62)7/h9,25,27-56,64-78H,10-24H2,1-8H3,(H,79,80)/t25-,27-,28-,29+,30+,31+,32+,33-,34+,35?,36-,37-,38-,39+,40+,41-,42+,43+,44+,45-,46+,47+,48-,49+,50+,51-,52-,53-,54-,55-,56-,60-,61+,62+,63-/m0/s1. The molecule has 0 aromatic heterocycles. The first-order chi connectivity index (χ1) is 43.2. The number of ether oxygens (including phenoxy) is 12. The lowest BCUT2D eigenvalue weighted by atomic mass is 9.33. The molecule has 0 aromatic rings. The maximum absolute atomic E-state index is 13.4. The summed E-state index contributed by atoms with van der Waals surface area (Å²) in [6.07, 6.45) is -38.7. The van der Waals surface area contributed by atoms with Crippen molar-refractivity contribution < 1.29 is 143 Å². The van der Waals surface area contributed by atoms with Crippen LogP contribution in [0, 0.1) is 50.2 Å². The Morgan fingerprint density at radius 1 is 0.500 bits per heavy atom. The summed E-state index contributed by atoms with van der Waals surface area (Å²) in [7, 11) is 0. The van der Waals surface area contributed by atoms with Crippen LogP contribution in [0.25, 0.3) is 0 Å². The van der Waals surface area contributed by atoms with Gasteiger partial charge in [0.1, 0.15) is 122 Å². The van der Waals surface area contributed by atoms with Crippen LogP contribution in [0.15, 0.2) is 11.6 Å². The minimum Gasteiger partial charge on any atom is -0.481 e. The van der Waals surface area contributed by atoms with Gasteiger partial charge in [-0.3, -0.25) is 4.79 Å². The fourth-order valence-corrected chi connectivity index (χ4v) is 18.7. The smallest absolute Gasteiger partial charge is 0.310 e.